The minimum Gasteiger partial charge on any atom is -0.460 e. The van der Waals surface area contributed by atoms with Crippen molar-refractivity contribution in [3.05, 3.63) is 47.7 Å². The maximum atomic E-state index is 5.95. The van der Waals surface area contributed by atoms with E-state index < -0.39 is 0 Å². The Morgan fingerprint density at radius 3 is 2.50 bits per heavy atom. The van der Waals surface area contributed by atoms with Gasteiger partial charge < -0.3 is 9.25 Å². The van der Waals surface area contributed by atoms with E-state index in [-0.39, 0.29) is 5.41 Å². The van der Waals surface area contributed by atoms with Gasteiger partial charge in [-0.3, -0.25) is 0 Å². The Balaban J connectivity index is 1.88. The van der Waals surface area contributed by atoms with Crippen molar-refractivity contribution in [3.8, 4) is 11.3 Å². The minimum absolute atomic E-state index is 0.0255. The van der Waals surface area contributed by atoms with E-state index in [0.29, 0.717) is 6.61 Å². The second kappa shape index (κ2) is 4.26. The van der Waals surface area contributed by atoms with E-state index in [1.807, 2.05) is 12.1 Å². The van der Waals surface area contributed by atoms with Crippen molar-refractivity contribution >= 4 is 0 Å². The van der Waals surface area contributed by atoms with Gasteiger partial charge in [0.1, 0.15) is 11.5 Å². The van der Waals surface area contributed by atoms with Crippen molar-refractivity contribution in [2.24, 2.45) is 5.90 Å². The first-order valence-electron chi connectivity index (χ1n) is 6.23. The Kier molecular flexibility index (Phi) is 2.73. The number of benzene rings is 1. The largest absolute Gasteiger partial charge is 0.460 e. The minimum atomic E-state index is 0.0255. The second-order valence-corrected chi connectivity index (χ2v) is 5.12. The Labute approximate surface area is 107 Å². The van der Waals surface area contributed by atoms with Gasteiger partial charge in [0.15, 0.2) is 0 Å². The van der Waals surface area contributed by atoms with Crippen LogP contribution in [0.2, 0.25) is 0 Å². The third-order valence-corrected chi connectivity index (χ3v) is 3.68. The van der Waals surface area contributed by atoms with Gasteiger partial charge >= 0.3 is 0 Å². The molecule has 0 amide bonds. The zero-order valence-electron chi connectivity index (χ0n) is 10.5. The van der Waals surface area contributed by atoms with E-state index in [0.717, 1.165) is 29.9 Å². The van der Waals surface area contributed by atoms with Crippen LogP contribution in [-0.4, -0.2) is 6.61 Å². The monoisotopic (exact) mass is 243 g/mol. The summed E-state index contributed by atoms with van der Waals surface area (Å²) in [5.41, 5.74) is 2.38. The molecule has 3 rings (SSSR count). The summed E-state index contributed by atoms with van der Waals surface area (Å²) in [7, 11) is 0. The zero-order chi connectivity index (χ0) is 12.6. The maximum Gasteiger partial charge on any atom is 0.134 e. The van der Waals surface area contributed by atoms with Crippen molar-refractivity contribution in [2.75, 3.05) is 6.61 Å². The van der Waals surface area contributed by atoms with E-state index in [4.69, 9.17) is 15.2 Å². The highest BCUT2D eigenvalue weighted by Crippen LogP contribution is 2.49. The van der Waals surface area contributed by atoms with Gasteiger partial charge in [-0.25, -0.2) is 5.90 Å². The highest BCUT2D eigenvalue weighted by Gasteiger charge is 2.47. The highest BCUT2D eigenvalue weighted by atomic mass is 16.6. The molecule has 1 saturated carbocycles. The van der Waals surface area contributed by atoms with E-state index in [2.05, 4.69) is 31.2 Å². The van der Waals surface area contributed by atoms with Gasteiger partial charge in [0.05, 0.1) is 12.0 Å². The fraction of sp³-hybridized carbons (Fsp3) is 0.333. The predicted molar refractivity (Wildman–Crippen MR) is 69.9 cm³/mol. The SMILES string of the molecule is Cc1ccc(-c2ccc(C3(CON)CC3)o2)cc1. The molecule has 0 atom stereocenters. The van der Waals surface area contributed by atoms with Gasteiger partial charge in [0.2, 0.25) is 0 Å². The molecule has 1 aliphatic carbocycles. The first-order chi connectivity index (χ1) is 8.73. The molecule has 3 nitrogen and oxygen atoms in total. The maximum absolute atomic E-state index is 5.95. The molecule has 2 N–H and O–H groups in total. The molecule has 2 aromatic rings. The van der Waals surface area contributed by atoms with Gasteiger partial charge in [-0.15, -0.1) is 0 Å². The molecule has 0 saturated heterocycles. The van der Waals surface area contributed by atoms with Crippen LogP contribution in [0.3, 0.4) is 0 Å². The average molecular weight is 243 g/mol. The van der Waals surface area contributed by atoms with Crippen LogP contribution in [0.15, 0.2) is 40.8 Å². The quantitative estimate of drug-likeness (QED) is 0.839. The molecule has 0 aliphatic heterocycles. The number of rotatable bonds is 4. The predicted octanol–water partition coefficient (Wildman–Crippen LogP) is 3.18. The van der Waals surface area contributed by atoms with Crippen LogP contribution < -0.4 is 5.90 Å². The number of hydrogen-bond acceptors (Lipinski definition) is 3. The van der Waals surface area contributed by atoms with Crippen LogP contribution in [0.5, 0.6) is 0 Å². The number of nitrogens with two attached hydrogens (primary N) is 1. The normalized spacial score (nSPS) is 16.8. The molecular weight excluding hydrogens is 226 g/mol. The summed E-state index contributed by atoms with van der Waals surface area (Å²) in [6, 6.07) is 12.4. The van der Waals surface area contributed by atoms with Crippen molar-refractivity contribution in [1.29, 1.82) is 0 Å². The smallest absolute Gasteiger partial charge is 0.134 e. The van der Waals surface area contributed by atoms with Crippen LogP contribution in [0.25, 0.3) is 11.3 Å². The van der Waals surface area contributed by atoms with E-state index >= 15 is 0 Å². The Hall–Kier alpha value is -1.58. The zero-order valence-corrected chi connectivity index (χ0v) is 10.5. The summed E-state index contributed by atoms with van der Waals surface area (Å²) < 4.78 is 5.95. The first-order valence-corrected chi connectivity index (χ1v) is 6.23. The summed E-state index contributed by atoms with van der Waals surface area (Å²) >= 11 is 0. The molecule has 0 spiro atoms. The molecule has 3 heteroatoms. The van der Waals surface area contributed by atoms with Crippen LogP contribution in [0, 0.1) is 6.92 Å². The topological polar surface area (TPSA) is 48.4 Å². The first kappa shape index (κ1) is 11.5. The molecule has 1 aliphatic rings. The molecule has 18 heavy (non-hydrogen) atoms. The molecule has 1 heterocycles. The van der Waals surface area contributed by atoms with Crippen molar-refractivity contribution in [2.45, 2.75) is 25.2 Å². The Morgan fingerprint density at radius 2 is 1.89 bits per heavy atom. The van der Waals surface area contributed by atoms with Gasteiger partial charge in [-0.1, -0.05) is 29.8 Å². The van der Waals surface area contributed by atoms with E-state index in [1.54, 1.807) is 0 Å². The van der Waals surface area contributed by atoms with Crippen LogP contribution >= 0.6 is 0 Å². The molecular formula is C15H17NO2. The lowest BCUT2D eigenvalue weighted by molar-refractivity contribution is 0.110. The Bertz CT molecular complexity index is 538. The fourth-order valence-corrected chi connectivity index (χ4v) is 2.27. The third-order valence-electron chi connectivity index (χ3n) is 3.68. The van der Waals surface area contributed by atoms with Gasteiger partial charge in [-0.05, 0) is 31.9 Å². The second-order valence-electron chi connectivity index (χ2n) is 5.12. The lowest BCUT2D eigenvalue weighted by Crippen LogP contribution is -2.17. The molecule has 1 aromatic heterocycles. The van der Waals surface area contributed by atoms with Crippen LogP contribution in [0.1, 0.15) is 24.2 Å². The lowest BCUT2D eigenvalue weighted by Gasteiger charge is -2.09. The molecule has 94 valence electrons. The van der Waals surface area contributed by atoms with Crippen LogP contribution in [0.4, 0.5) is 0 Å². The Morgan fingerprint density at radius 1 is 1.17 bits per heavy atom. The molecule has 0 radical (unpaired) electrons. The standard InChI is InChI=1S/C15H17NO2/c1-11-2-4-12(5-3-11)13-6-7-14(18-13)15(8-9-15)10-17-16/h2-7H,8-10,16H2,1H3. The van der Waals surface area contributed by atoms with Gasteiger partial charge in [0.25, 0.3) is 0 Å². The lowest BCUT2D eigenvalue weighted by atomic mass is 10.1. The van der Waals surface area contributed by atoms with Crippen LogP contribution in [-0.2, 0) is 10.3 Å². The number of hydrogen-bond donors (Lipinski definition) is 1. The highest BCUT2D eigenvalue weighted by molar-refractivity contribution is 5.58. The summed E-state index contributed by atoms with van der Waals surface area (Å²) in [4.78, 5) is 4.79. The number of furan rings is 1. The summed E-state index contributed by atoms with van der Waals surface area (Å²) in [5, 5.41) is 0. The summed E-state index contributed by atoms with van der Waals surface area (Å²) in [6.45, 7) is 2.61. The van der Waals surface area contributed by atoms with Gasteiger partial charge in [0, 0.05) is 5.56 Å². The summed E-state index contributed by atoms with van der Waals surface area (Å²) in [6.07, 6.45) is 2.18. The number of aryl methyl sites for hydroxylation is 1. The molecule has 1 fully saturated rings. The molecule has 1 aromatic carbocycles. The van der Waals surface area contributed by atoms with Gasteiger partial charge in [-0.2, -0.15) is 0 Å². The van der Waals surface area contributed by atoms with Crippen molar-refractivity contribution < 1.29 is 9.25 Å². The third kappa shape index (κ3) is 1.96. The van der Waals surface area contributed by atoms with Crippen molar-refractivity contribution in [1.82, 2.24) is 0 Å². The van der Waals surface area contributed by atoms with E-state index in [9.17, 15) is 0 Å². The average Bonchev–Trinajstić information content (AvgIpc) is 2.99. The molecule has 0 unspecified atom stereocenters. The van der Waals surface area contributed by atoms with E-state index in [1.165, 1.54) is 5.56 Å². The van der Waals surface area contributed by atoms with Crippen molar-refractivity contribution in [3.63, 3.8) is 0 Å². The summed E-state index contributed by atoms with van der Waals surface area (Å²) in [5.74, 6) is 7.08. The fourth-order valence-electron chi connectivity index (χ4n) is 2.27. The molecule has 0 bridgehead atoms.